The van der Waals surface area contributed by atoms with Gasteiger partial charge < -0.3 is 0 Å². The van der Waals surface area contributed by atoms with Crippen LogP contribution in [0, 0.1) is 0 Å². The molecule has 1 rings (SSSR count). The van der Waals surface area contributed by atoms with Crippen LogP contribution in [0.4, 0.5) is 0 Å². The van der Waals surface area contributed by atoms with Crippen LogP contribution < -0.4 is 4.72 Å². The van der Waals surface area contributed by atoms with Crippen molar-refractivity contribution in [3.63, 3.8) is 0 Å². The molecule has 1 unspecified atom stereocenters. The van der Waals surface area contributed by atoms with E-state index in [0.717, 1.165) is 5.69 Å². The van der Waals surface area contributed by atoms with Gasteiger partial charge in [-0.1, -0.05) is 0 Å². The van der Waals surface area contributed by atoms with Gasteiger partial charge in [-0.2, -0.15) is 0 Å². The molecule has 0 bridgehead atoms. The summed E-state index contributed by atoms with van der Waals surface area (Å²) < 4.78 is 14.5. The summed E-state index contributed by atoms with van der Waals surface area (Å²) in [6.45, 7) is 7.71. The summed E-state index contributed by atoms with van der Waals surface area (Å²) in [6.07, 6.45) is 4.93. The molecule has 15 heavy (non-hydrogen) atoms. The van der Waals surface area contributed by atoms with Crippen molar-refractivity contribution >= 4 is 11.0 Å². The predicted octanol–water partition coefficient (Wildman–Crippen LogP) is 1.59. The van der Waals surface area contributed by atoms with Crippen LogP contribution in [0.5, 0.6) is 0 Å². The predicted molar refractivity (Wildman–Crippen MR) is 61.5 cm³/mol. The average molecular weight is 227 g/mol. The van der Waals surface area contributed by atoms with Crippen LogP contribution in [0.1, 0.15) is 39.4 Å². The van der Waals surface area contributed by atoms with Crippen molar-refractivity contribution in [2.45, 2.75) is 38.5 Å². The van der Waals surface area contributed by atoms with Crippen LogP contribution in [0.2, 0.25) is 0 Å². The molecule has 4 nitrogen and oxygen atoms in total. The quantitative estimate of drug-likeness (QED) is 0.853. The molecule has 0 amide bonds. The van der Waals surface area contributed by atoms with Crippen LogP contribution in [-0.2, 0) is 11.0 Å². The number of nitrogens with zero attached hydrogens (tertiary/aromatic N) is 2. The fourth-order valence-electron chi connectivity index (χ4n) is 0.932. The SMILES string of the molecule is C[C@H](NS(=O)C(C)(C)C)c1cnccn1. The van der Waals surface area contributed by atoms with Crippen molar-refractivity contribution in [1.29, 1.82) is 0 Å². The van der Waals surface area contributed by atoms with Gasteiger partial charge in [0.2, 0.25) is 0 Å². The van der Waals surface area contributed by atoms with E-state index in [1.807, 2.05) is 27.7 Å². The van der Waals surface area contributed by atoms with Gasteiger partial charge in [0.15, 0.2) is 0 Å². The minimum Gasteiger partial charge on any atom is -0.261 e. The van der Waals surface area contributed by atoms with Crippen LogP contribution >= 0.6 is 0 Å². The molecule has 0 spiro atoms. The summed E-state index contributed by atoms with van der Waals surface area (Å²) >= 11 is 0. The average Bonchev–Trinajstić information content (AvgIpc) is 2.17. The Kier molecular flexibility index (Phi) is 3.93. The Balaban J connectivity index is 2.65. The molecule has 0 aliphatic rings. The lowest BCUT2D eigenvalue weighted by atomic mass is 10.3. The summed E-state index contributed by atoms with van der Waals surface area (Å²) in [5, 5.41) is 0. The third-order valence-corrected chi connectivity index (χ3v) is 3.55. The van der Waals surface area contributed by atoms with Gasteiger partial charge in [-0.05, 0) is 27.7 Å². The second kappa shape index (κ2) is 4.81. The maximum Gasteiger partial charge on any atom is 0.0976 e. The summed E-state index contributed by atoms with van der Waals surface area (Å²) in [5.41, 5.74) is 0.801. The molecule has 84 valence electrons. The van der Waals surface area contributed by atoms with E-state index >= 15 is 0 Å². The van der Waals surface area contributed by atoms with Gasteiger partial charge in [-0.25, -0.2) is 8.93 Å². The van der Waals surface area contributed by atoms with E-state index in [4.69, 9.17) is 0 Å². The largest absolute Gasteiger partial charge is 0.261 e. The highest BCUT2D eigenvalue weighted by molar-refractivity contribution is 7.84. The molecule has 0 fully saturated rings. The Bertz CT molecular complexity index is 334. The minimum absolute atomic E-state index is 0.0567. The van der Waals surface area contributed by atoms with Gasteiger partial charge in [-0.15, -0.1) is 0 Å². The lowest BCUT2D eigenvalue weighted by molar-refractivity contribution is 0.610. The maximum atomic E-state index is 11.8. The third kappa shape index (κ3) is 3.68. The molecular weight excluding hydrogens is 210 g/mol. The van der Waals surface area contributed by atoms with Crippen LogP contribution in [-0.4, -0.2) is 18.9 Å². The number of aromatic nitrogens is 2. The molecule has 1 aromatic heterocycles. The summed E-state index contributed by atoms with van der Waals surface area (Å²) in [4.78, 5) is 8.13. The van der Waals surface area contributed by atoms with Gasteiger partial charge in [0.05, 0.1) is 27.5 Å². The van der Waals surface area contributed by atoms with E-state index in [2.05, 4.69) is 14.7 Å². The molecule has 1 aromatic rings. The zero-order chi connectivity index (χ0) is 11.5. The first-order valence-corrected chi connectivity index (χ1v) is 6.00. The number of nitrogens with one attached hydrogen (secondary N) is 1. The second-order valence-corrected chi connectivity index (χ2v) is 6.35. The lowest BCUT2D eigenvalue weighted by Gasteiger charge is -2.21. The summed E-state index contributed by atoms with van der Waals surface area (Å²) in [6, 6.07) is -0.0567. The Hall–Kier alpha value is -0.810. The summed E-state index contributed by atoms with van der Waals surface area (Å²) in [7, 11) is -1.09. The molecule has 0 radical (unpaired) electrons. The van der Waals surface area contributed by atoms with Crippen LogP contribution in [0.15, 0.2) is 18.6 Å². The Morgan fingerprint density at radius 3 is 2.53 bits per heavy atom. The summed E-state index contributed by atoms with van der Waals surface area (Å²) in [5.74, 6) is 0. The monoisotopic (exact) mass is 227 g/mol. The zero-order valence-electron chi connectivity index (χ0n) is 9.52. The molecule has 0 aliphatic carbocycles. The molecular formula is C10H17N3OS. The van der Waals surface area contributed by atoms with E-state index in [-0.39, 0.29) is 10.8 Å². The third-order valence-electron chi connectivity index (χ3n) is 1.87. The molecule has 0 aromatic carbocycles. The highest BCUT2D eigenvalue weighted by Gasteiger charge is 2.21. The zero-order valence-corrected chi connectivity index (χ0v) is 10.3. The molecule has 1 N–H and O–H groups in total. The molecule has 1 heterocycles. The van der Waals surface area contributed by atoms with Crippen molar-refractivity contribution in [3.05, 3.63) is 24.3 Å². The first-order valence-electron chi connectivity index (χ1n) is 4.85. The molecule has 2 atom stereocenters. The molecule has 0 saturated carbocycles. The lowest BCUT2D eigenvalue weighted by Crippen LogP contribution is -2.35. The molecule has 0 saturated heterocycles. The first kappa shape index (κ1) is 12.3. The van der Waals surface area contributed by atoms with E-state index in [1.54, 1.807) is 18.6 Å². The second-order valence-electron chi connectivity index (χ2n) is 4.35. The van der Waals surface area contributed by atoms with Crippen molar-refractivity contribution < 1.29 is 4.21 Å². The highest BCUT2D eigenvalue weighted by Crippen LogP contribution is 2.14. The van der Waals surface area contributed by atoms with E-state index < -0.39 is 11.0 Å². The van der Waals surface area contributed by atoms with Gasteiger partial charge in [-0.3, -0.25) is 9.97 Å². The van der Waals surface area contributed by atoms with Gasteiger partial charge in [0.1, 0.15) is 0 Å². The Labute approximate surface area is 93.1 Å². The van der Waals surface area contributed by atoms with Crippen molar-refractivity contribution in [2.24, 2.45) is 0 Å². The van der Waals surface area contributed by atoms with Crippen molar-refractivity contribution in [1.82, 2.24) is 14.7 Å². The van der Waals surface area contributed by atoms with E-state index in [9.17, 15) is 4.21 Å². The number of hydrogen-bond acceptors (Lipinski definition) is 3. The van der Waals surface area contributed by atoms with E-state index in [0.29, 0.717) is 0 Å². The normalized spacial score (nSPS) is 16.0. The molecule has 5 heteroatoms. The van der Waals surface area contributed by atoms with Gasteiger partial charge >= 0.3 is 0 Å². The van der Waals surface area contributed by atoms with Crippen LogP contribution in [0.3, 0.4) is 0 Å². The number of hydrogen-bond donors (Lipinski definition) is 1. The Morgan fingerprint density at radius 1 is 1.40 bits per heavy atom. The smallest absolute Gasteiger partial charge is 0.0976 e. The maximum absolute atomic E-state index is 11.8. The Morgan fingerprint density at radius 2 is 2.07 bits per heavy atom. The fourth-order valence-corrected chi connectivity index (χ4v) is 1.73. The van der Waals surface area contributed by atoms with Crippen LogP contribution in [0.25, 0.3) is 0 Å². The molecule has 0 aliphatic heterocycles. The van der Waals surface area contributed by atoms with Crippen molar-refractivity contribution in [2.75, 3.05) is 0 Å². The highest BCUT2D eigenvalue weighted by atomic mass is 32.2. The first-order chi connectivity index (χ1) is 6.91. The van der Waals surface area contributed by atoms with Gasteiger partial charge in [0.25, 0.3) is 0 Å². The van der Waals surface area contributed by atoms with Gasteiger partial charge in [0, 0.05) is 18.6 Å². The van der Waals surface area contributed by atoms with Crippen molar-refractivity contribution in [3.8, 4) is 0 Å². The fraction of sp³-hybridized carbons (Fsp3) is 0.600. The standard InChI is InChI=1S/C10H17N3OS/c1-8(9-7-11-5-6-12-9)13-15(14)10(2,3)4/h5-8,13H,1-4H3/t8-,15?/m0/s1. The number of rotatable bonds is 3. The minimum atomic E-state index is -1.09. The van der Waals surface area contributed by atoms with E-state index in [1.165, 1.54) is 0 Å². The topological polar surface area (TPSA) is 54.9 Å².